The first-order valence-electron chi connectivity index (χ1n) is 8.64. The van der Waals surface area contributed by atoms with Crippen LogP contribution >= 0.6 is 0 Å². The zero-order chi connectivity index (χ0) is 18.0. The van der Waals surface area contributed by atoms with E-state index in [1.54, 1.807) is 0 Å². The van der Waals surface area contributed by atoms with E-state index < -0.39 is 16.4 Å². The Balaban J connectivity index is -0.000000162. The van der Waals surface area contributed by atoms with Gasteiger partial charge in [0.25, 0.3) is 0 Å². The molecule has 0 rings (SSSR count). The van der Waals surface area contributed by atoms with Gasteiger partial charge in [0.1, 0.15) is 0 Å². The summed E-state index contributed by atoms with van der Waals surface area (Å²) in [6, 6.07) is 0. The third-order valence-electron chi connectivity index (χ3n) is 3.48. The maximum atomic E-state index is 10.2. The van der Waals surface area contributed by atoms with Crippen molar-refractivity contribution in [2.24, 2.45) is 0 Å². The second-order valence-electron chi connectivity index (χ2n) is 5.77. The fourth-order valence-electron chi connectivity index (χ4n) is 2.29. The SMILES string of the molecule is CCCCCCCCCCCCCCCC(=O)[O-].O=S(=O)([O-])[O-].[Na+].[Na+].[Na+]. The van der Waals surface area contributed by atoms with Gasteiger partial charge in [0.2, 0.25) is 0 Å². The average Bonchev–Trinajstić information content (AvgIpc) is 2.42. The molecule has 26 heavy (non-hydrogen) atoms. The van der Waals surface area contributed by atoms with Crippen LogP contribution in [0.2, 0.25) is 0 Å². The van der Waals surface area contributed by atoms with E-state index in [0.717, 1.165) is 12.8 Å². The number of carboxylic acids is 1. The fourth-order valence-corrected chi connectivity index (χ4v) is 2.29. The topological polar surface area (TPSA) is 120 Å². The molecule has 0 heterocycles. The van der Waals surface area contributed by atoms with Crippen molar-refractivity contribution in [2.75, 3.05) is 0 Å². The van der Waals surface area contributed by atoms with Gasteiger partial charge in [-0.25, -0.2) is 0 Å². The van der Waals surface area contributed by atoms with Gasteiger partial charge in [0.15, 0.2) is 0 Å². The van der Waals surface area contributed by atoms with Crippen molar-refractivity contribution in [2.45, 2.75) is 96.8 Å². The Morgan fingerprint density at radius 3 is 1.12 bits per heavy atom. The third kappa shape index (κ3) is 56.3. The fraction of sp³-hybridized carbons (Fsp3) is 0.938. The molecule has 0 aliphatic carbocycles. The number of hydrogen-bond acceptors (Lipinski definition) is 6. The Hall–Kier alpha value is 2.34. The van der Waals surface area contributed by atoms with Crippen LogP contribution in [0.4, 0.5) is 0 Å². The van der Waals surface area contributed by atoms with E-state index in [0.29, 0.717) is 0 Å². The van der Waals surface area contributed by atoms with Gasteiger partial charge in [-0.2, -0.15) is 0 Å². The predicted octanol–water partition coefficient (Wildman–Crippen LogP) is -6.11. The zero-order valence-corrected chi connectivity index (χ0v) is 24.1. The van der Waals surface area contributed by atoms with Crippen molar-refractivity contribution in [3.63, 3.8) is 0 Å². The molecule has 140 valence electrons. The number of hydrogen-bond donors (Lipinski definition) is 0. The van der Waals surface area contributed by atoms with Gasteiger partial charge in [-0.3, -0.25) is 8.42 Å². The van der Waals surface area contributed by atoms with Crippen molar-refractivity contribution in [3.05, 3.63) is 0 Å². The molecule has 0 atom stereocenters. The molecule has 6 nitrogen and oxygen atoms in total. The predicted molar refractivity (Wildman–Crippen MR) is 85.8 cm³/mol. The molecular weight excluding hydrogens is 389 g/mol. The Labute approximate surface area is 226 Å². The molecular formula is C16H31Na3O6S. The first kappa shape index (κ1) is 38.9. The van der Waals surface area contributed by atoms with Crippen molar-refractivity contribution in [3.8, 4) is 0 Å². The molecule has 0 bridgehead atoms. The van der Waals surface area contributed by atoms with Gasteiger partial charge in [0.05, 0.1) is 0 Å². The van der Waals surface area contributed by atoms with Crippen molar-refractivity contribution in [1.29, 1.82) is 0 Å². The van der Waals surface area contributed by atoms with Gasteiger partial charge in [-0.05, 0) is 12.8 Å². The van der Waals surface area contributed by atoms with Crippen LogP contribution < -0.4 is 93.8 Å². The van der Waals surface area contributed by atoms with E-state index in [1.165, 1.54) is 70.6 Å². The molecule has 0 amide bonds. The molecule has 0 aliphatic rings. The largest absolute Gasteiger partial charge is 1.00 e. The van der Waals surface area contributed by atoms with Crippen LogP contribution in [0, 0.1) is 0 Å². The summed E-state index contributed by atoms with van der Waals surface area (Å²) < 4.78 is 34.1. The number of carbonyl (C=O) groups is 1. The molecule has 0 N–H and O–H groups in total. The van der Waals surface area contributed by atoms with Crippen LogP contribution in [0.15, 0.2) is 0 Å². The molecule has 0 saturated carbocycles. The Bertz CT molecular complexity index is 359. The molecule has 0 radical (unpaired) electrons. The normalized spacial score (nSPS) is 9.65. The van der Waals surface area contributed by atoms with Crippen LogP contribution in [-0.2, 0) is 15.2 Å². The van der Waals surface area contributed by atoms with Crippen LogP contribution in [-0.4, -0.2) is 23.5 Å². The van der Waals surface area contributed by atoms with E-state index >= 15 is 0 Å². The average molecular weight is 420 g/mol. The monoisotopic (exact) mass is 420 g/mol. The van der Waals surface area contributed by atoms with Gasteiger partial charge in [-0.1, -0.05) is 84.0 Å². The summed E-state index contributed by atoms with van der Waals surface area (Å²) in [6.45, 7) is 2.26. The standard InChI is InChI=1S/C16H32O2.3Na.H2O4S/c1-2-3-4-5-6-7-8-9-10-11-12-13-14-15-16(17)18;;;;1-5(2,3)4/h2-15H2,1H3,(H,17,18);;;;(H2,1,2,3,4)/q;3*+1;/p-3. The molecule has 10 heteroatoms. The third-order valence-corrected chi connectivity index (χ3v) is 3.48. The van der Waals surface area contributed by atoms with E-state index in [9.17, 15) is 9.90 Å². The molecule has 0 aliphatic heterocycles. The summed E-state index contributed by atoms with van der Waals surface area (Å²) in [4.78, 5) is 10.2. The zero-order valence-electron chi connectivity index (χ0n) is 17.3. The minimum absolute atomic E-state index is 0. The van der Waals surface area contributed by atoms with Crippen LogP contribution in [0.3, 0.4) is 0 Å². The summed E-state index contributed by atoms with van der Waals surface area (Å²) in [5, 5.41) is 10.2. The molecule has 0 aromatic rings. The second-order valence-corrected chi connectivity index (χ2v) is 6.59. The van der Waals surface area contributed by atoms with Crippen LogP contribution in [0.1, 0.15) is 96.8 Å². The Morgan fingerprint density at radius 1 is 0.654 bits per heavy atom. The van der Waals surface area contributed by atoms with Crippen molar-refractivity contribution in [1.82, 2.24) is 0 Å². The van der Waals surface area contributed by atoms with Crippen LogP contribution in [0.25, 0.3) is 0 Å². The smallest absolute Gasteiger partial charge is 0.759 e. The summed E-state index contributed by atoms with van der Waals surface area (Å²) in [7, 11) is -5.17. The summed E-state index contributed by atoms with van der Waals surface area (Å²) in [6.07, 6.45) is 16.9. The number of aliphatic carboxylic acids is 1. The summed E-state index contributed by atoms with van der Waals surface area (Å²) in [5.74, 6) is -0.905. The molecule has 0 aromatic heterocycles. The van der Waals surface area contributed by atoms with Gasteiger partial charge >= 0.3 is 88.7 Å². The Morgan fingerprint density at radius 2 is 0.885 bits per heavy atom. The maximum Gasteiger partial charge on any atom is 1.00 e. The van der Waals surface area contributed by atoms with Gasteiger partial charge < -0.3 is 19.0 Å². The first-order chi connectivity index (χ1) is 10.8. The number of unbranched alkanes of at least 4 members (excludes halogenated alkanes) is 12. The van der Waals surface area contributed by atoms with Gasteiger partial charge in [-0.15, -0.1) is 0 Å². The van der Waals surface area contributed by atoms with Crippen LogP contribution in [0.5, 0.6) is 0 Å². The summed E-state index contributed by atoms with van der Waals surface area (Å²) >= 11 is 0. The number of rotatable bonds is 14. The maximum absolute atomic E-state index is 10.2. The van der Waals surface area contributed by atoms with E-state index in [4.69, 9.17) is 17.5 Å². The molecule has 0 unspecified atom stereocenters. The minimum Gasteiger partial charge on any atom is -0.759 e. The number of carboxylic acid groups (broad SMARTS) is 1. The second kappa shape index (κ2) is 29.5. The minimum atomic E-state index is -5.17. The van der Waals surface area contributed by atoms with E-state index in [2.05, 4.69) is 6.92 Å². The van der Waals surface area contributed by atoms with Crippen molar-refractivity contribution >= 4 is 16.4 Å². The van der Waals surface area contributed by atoms with E-state index in [-0.39, 0.29) is 95.1 Å². The molecule has 0 spiro atoms. The first-order valence-corrected chi connectivity index (χ1v) is 9.97. The summed E-state index contributed by atoms with van der Waals surface area (Å²) in [5.41, 5.74) is 0. The van der Waals surface area contributed by atoms with E-state index in [1.807, 2.05) is 0 Å². The molecule has 0 saturated heterocycles. The number of carbonyl (C=O) groups excluding carboxylic acids is 1. The van der Waals surface area contributed by atoms with Gasteiger partial charge in [0, 0.05) is 16.4 Å². The van der Waals surface area contributed by atoms with Crippen molar-refractivity contribution < 1.29 is 116 Å². The molecule has 0 fully saturated rings. The Kier molecular flexibility index (Phi) is 44.2. The quantitative estimate of drug-likeness (QED) is 0.119. The molecule has 0 aromatic carbocycles.